The van der Waals surface area contributed by atoms with Gasteiger partial charge in [-0.1, -0.05) is 47.4 Å². The van der Waals surface area contributed by atoms with E-state index in [1.54, 1.807) is 18.5 Å². The number of nitriles is 1. The number of amides is 1. The molecule has 5 rings (SSSR count). The van der Waals surface area contributed by atoms with Crippen molar-refractivity contribution in [1.82, 2.24) is 10.3 Å². The zero-order valence-electron chi connectivity index (χ0n) is 22.3. The summed E-state index contributed by atoms with van der Waals surface area (Å²) >= 11 is 0. The minimum absolute atomic E-state index is 0.154. The second-order valence-electron chi connectivity index (χ2n) is 9.57. The molecule has 0 fully saturated rings. The van der Waals surface area contributed by atoms with Crippen molar-refractivity contribution in [3.05, 3.63) is 101 Å². The topological polar surface area (TPSA) is 126 Å². The van der Waals surface area contributed by atoms with E-state index in [1.165, 1.54) is 0 Å². The Bertz CT molecular complexity index is 1690. The molecule has 1 aromatic heterocycles. The molecular formula is C31H30N7O2+. The van der Waals surface area contributed by atoms with Gasteiger partial charge in [-0.15, -0.1) is 0 Å². The summed E-state index contributed by atoms with van der Waals surface area (Å²) in [7, 11) is 1.92. The molecule has 4 N–H and O–H groups in total. The summed E-state index contributed by atoms with van der Waals surface area (Å²) in [5, 5.41) is 32.3. The van der Waals surface area contributed by atoms with Crippen LogP contribution in [0.15, 0.2) is 89.3 Å². The van der Waals surface area contributed by atoms with Crippen molar-refractivity contribution in [3.63, 3.8) is 0 Å². The number of carbonyl (C=O) groups is 1. The number of nitrogens with zero attached hydrogens (tertiary/aromatic N) is 4. The number of benzene rings is 3. The lowest BCUT2D eigenvalue weighted by molar-refractivity contribution is -0.683. The van der Waals surface area contributed by atoms with Crippen LogP contribution in [-0.2, 0) is 7.05 Å². The van der Waals surface area contributed by atoms with E-state index >= 15 is 0 Å². The standard InChI is InChI=1S/C31H29N7O2/c1-20-8-3-6-11-26(20)37-31(40)25-16-21-9-4-5-10-23(21)28(29(25)39)36-19-35-27-22(17-32)18-33-14-12-24(27)30-34-13-7-15-38(30)2/h3-11,13,15-16,18,24,36H,12,14,19H2,1-2H3,(H2-,33,35,37,39,40)/p+1. The minimum atomic E-state index is -0.411. The molecule has 0 aliphatic carbocycles. The zero-order valence-corrected chi connectivity index (χ0v) is 22.3. The van der Waals surface area contributed by atoms with Gasteiger partial charge in [0.25, 0.3) is 5.91 Å². The van der Waals surface area contributed by atoms with E-state index in [0.29, 0.717) is 35.6 Å². The van der Waals surface area contributed by atoms with Gasteiger partial charge in [0, 0.05) is 35.6 Å². The lowest BCUT2D eigenvalue weighted by Crippen LogP contribution is -2.39. The van der Waals surface area contributed by atoms with Crippen molar-refractivity contribution in [3.8, 4) is 11.8 Å². The molecule has 9 nitrogen and oxygen atoms in total. The van der Waals surface area contributed by atoms with Crippen LogP contribution in [-0.4, -0.2) is 35.4 Å². The van der Waals surface area contributed by atoms with Crippen molar-refractivity contribution in [2.24, 2.45) is 12.0 Å². The number of para-hydroxylation sites is 1. The molecule has 3 aromatic carbocycles. The molecule has 40 heavy (non-hydrogen) atoms. The molecule has 0 saturated carbocycles. The van der Waals surface area contributed by atoms with Crippen molar-refractivity contribution in [2.45, 2.75) is 19.3 Å². The third kappa shape index (κ3) is 5.33. The number of aromatic hydroxyl groups is 1. The van der Waals surface area contributed by atoms with E-state index in [2.05, 4.69) is 32.0 Å². The van der Waals surface area contributed by atoms with Gasteiger partial charge in [0.15, 0.2) is 5.75 Å². The predicted molar refractivity (Wildman–Crippen MR) is 155 cm³/mol. The van der Waals surface area contributed by atoms with E-state index in [4.69, 9.17) is 0 Å². The Labute approximate surface area is 232 Å². The largest absolute Gasteiger partial charge is 0.505 e. The van der Waals surface area contributed by atoms with Gasteiger partial charge in [0.1, 0.15) is 18.2 Å². The number of anilines is 2. The van der Waals surface area contributed by atoms with E-state index in [9.17, 15) is 15.2 Å². The maximum Gasteiger partial charge on any atom is 0.307 e. The van der Waals surface area contributed by atoms with Gasteiger partial charge in [-0.3, -0.25) is 9.79 Å². The second-order valence-corrected chi connectivity index (χ2v) is 9.57. The molecule has 1 amide bonds. The van der Waals surface area contributed by atoms with Crippen molar-refractivity contribution < 1.29 is 14.5 Å². The summed E-state index contributed by atoms with van der Waals surface area (Å²) in [5.41, 5.74) is 3.29. The Hall–Kier alpha value is -5.23. The van der Waals surface area contributed by atoms with E-state index < -0.39 is 5.91 Å². The van der Waals surface area contributed by atoms with Gasteiger partial charge >= 0.3 is 5.82 Å². The fraction of sp³-hybridized carbons (Fsp3) is 0.194. The SMILES string of the molecule is Cc1ccccc1NC(=O)c1cc2ccccc2c(NCNC2=C(C#N)C=NCCC2c2nccc[n+]2C)c1O. The molecule has 1 unspecified atom stereocenters. The van der Waals surface area contributed by atoms with E-state index in [-0.39, 0.29) is 23.9 Å². The first-order valence-corrected chi connectivity index (χ1v) is 13.0. The third-order valence-electron chi connectivity index (χ3n) is 7.01. The average molecular weight is 533 g/mol. The number of hydrogen-bond donors (Lipinski definition) is 4. The molecule has 1 atom stereocenters. The number of phenols is 1. The van der Waals surface area contributed by atoms with Gasteiger partial charge in [-0.05, 0) is 36.4 Å². The Kier molecular flexibility index (Phi) is 7.69. The molecule has 4 aromatic rings. The number of fused-ring (bicyclic) bond motifs is 1. The van der Waals surface area contributed by atoms with Crippen LogP contribution in [0.2, 0.25) is 0 Å². The van der Waals surface area contributed by atoms with Crippen LogP contribution in [0.3, 0.4) is 0 Å². The van der Waals surface area contributed by atoms with E-state index in [1.807, 2.05) is 79.3 Å². The molecule has 0 radical (unpaired) electrons. The maximum atomic E-state index is 13.3. The van der Waals surface area contributed by atoms with Crippen LogP contribution in [0.4, 0.5) is 11.4 Å². The molecule has 2 heterocycles. The van der Waals surface area contributed by atoms with Crippen molar-refractivity contribution >= 4 is 34.3 Å². The smallest absolute Gasteiger partial charge is 0.307 e. The number of nitrogens with one attached hydrogen (secondary N) is 3. The molecule has 9 heteroatoms. The summed E-state index contributed by atoms with van der Waals surface area (Å²) in [6, 6.07) is 20.8. The number of carbonyl (C=O) groups excluding carboxylic acids is 1. The highest BCUT2D eigenvalue weighted by molar-refractivity contribution is 6.12. The maximum absolute atomic E-state index is 13.3. The van der Waals surface area contributed by atoms with Crippen LogP contribution >= 0.6 is 0 Å². The monoisotopic (exact) mass is 532 g/mol. The highest BCUT2D eigenvalue weighted by atomic mass is 16.3. The average Bonchev–Trinajstić information content (AvgIpc) is 3.17. The molecule has 1 aliphatic heterocycles. The van der Waals surface area contributed by atoms with Crippen LogP contribution < -0.4 is 20.5 Å². The Balaban J connectivity index is 1.46. The molecule has 0 spiro atoms. The summed E-state index contributed by atoms with van der Waals surface area (Å²) in [6.45, 7) is 2.66. The number of aromatic nitrogens is 2. The number of allylic oxidation sites excluding steroid dienone is 2. The minimum Gasteiger partial charge on any atom is -0.505 e. The Morgan fingerprint density at radius 2 is 1.95 bits per heavy atom. The fourth-order valence-electron chi connectivity index (χ4n) is 4.94. The third-order valence-corrected chi connectivity index (χ3v) is 7.01. The predicted octanol–water partition coefficient (Wildman–Crippen LogP) is 4.32. The summed E-state index contributed by atoms with van der Waals surface area (Å²) < 4.78 is 1.94. The summed E-state index contributed by atoms with van der Waals surface area (Å²) in [5.74, 6) is 0.0649. The first kappa shape index (κ1) is 26.4. The van der Waals surface area contributed by atoms with Crippen LogP contribution in [0.1, 0.15) is 34.1 Å². The number of aryl methyl sites for hydroxylation is 2. The lowest BCUT2D eigenvalue weighted by Gasteiger charge is -2.20. The Morgan fingerprint density at radius 3 is 2.75 bits per heavy atom. The first-order chi connectivity index (χ1) is 19.5. The first-order valence-electron chi connectivity index (χ1n) is 13.0. The van der Waals surface area contributed by atoms with Crippen LogP contribution in [0, 0.1) is 18.3 Å². The van der Waals surface area contributed by atoms with Crippen molar-refractivity contribution in [1.29, 1.82) is 5.26 Å². The molecule has 200 valence electrons. The normalized spacial score (nSPS) is 14.9. The number of aliphatic imine (C=N–C) groups is 1. The van der Waals surface area contributed by atoms with Crippen LogP contribution in [0.25, 0.3) is 10.8 Å². The highest BCUT2D eigenvalue weighted by Gasteiger charge is 2.30. The van der Waals surface area contributed by atoms with E-state index in [0.717, 1.165) is 22.2 Å². The van der Waals surface area contributed by atoms with Gasteiger partial charge in [-0.25, -0.2) is 4.57 Å². The number of hydrogen-bond acceptors (Lipinski definition) is 7. The molecule has 0 bridgehead atoms. The second kappa shape index (κ2) is 11.7. The Morgan fingerprint density at radius 1 is 1.15 bits per heavy atom. The van der Waals surface area contributed by atoms with Crippen molar-refractivity contribution in [2.75, 3.05) is 23.8 Å². The molecule has 1 aliphatic rings. The quantitative estimate of drug-likeness (QED) is 0.160. The molecule has 0 saturated heterocycles. The molecular weight excluding hydrogens is 502 g/mol. The highest BCUT2D eigenvalue weighted by Crippen LogP contribution is 2.37. The van der Waals surface area contributed by atoms with Gasteiger partial charge in [0.05, 0.1) is 36.7 Å². The lowest BCUT2D eigenvalue weighted by atomic mass is 9.97. The van der Waals surface area contributed by atoms with Crippen LogP contribution in [0.5, 0.6) is 5.75 Å². The van der Waals surface area contributed by atoms with Gasteiger partial charge in [0.2, 0.25) is 0 Å². The van der Waals surface area contributed by atoms with Gasteiger partial charge in [-0.2, -0.15) is 5.26 Å². The number of phenolic OH excluding ortho intramolecular Hbond substituents is 1. The zero-order chi connectivity index (χ0) is 28.1. The summed E-state index contributed by atoms with van der Waals surface area (Å²) in [4.78, 5) is 22.2. The summed E-state index contributed by atoms with van der Waals surface area (Å²) in [6.07, 6.45) is 5.93. The number of rotatable bonds is 7. The fourth-order valence-corrected chi connectivity index (χ4v) is 4.94. The van der Waals surface area contributed by atoms with Gasteiger partial charge < -0.3 is 21.1 Å².